The van der Waals surface area contributed by atoms with Crippen LogP contribution in [0.5, 0.6) is 0 Å². The molecule has 0 radical (unpaired) electrons. The maximum atomic E-state index is 11.6. The first kappa shape index (κ1) is 13.5. The molecule has 3 rings (SSSR count). The molecule has 1 amide bonds. The van der Waals surface area contributed by atoms with E-state index in [0.29, 0.717) is 5.56 Å². The molecule has 1 aliphatic rings. The molecule has 2 N–H and O–H groups in total. The van der Waals surface area contributed by atoms with E-state index in [2.05, 4.69) is 16.7 Å². The third-order valence-electron chi connectivity index (χ3n) is 3.54. The maximum absolute atomic E-state index is 11.6. The summed E-state index contributed by atoms with van der Waals surface area (Å²) in [6, 6.07) is 9.90. The SMILES string of the molecule is CNC(=O)c1cccc(NC2CCc3sc(Cl)cc32)c1. The van der Waals surface area contributed by atoms with Crippen molar-refractivity contribution in [2.45, 2.75) is 18.9 Å². The molecule has 1 aliphatic carbocycles. The minimum Gasteiger partial charge on any atom is -0.378 e. The molecule has 0 bridgehead atoms. The number of anilines is 1. The van der Waals surface area contributed by atoms with E-state index in [4.69, 9.17) is 11.6 Å². The summed E-state index contributed by atoms with van der Waals surface area (Å²) >= 11 is 7.73. The maximum Gasteiger partial charge on any atom is 0.251 e. The van der Waals surface area contributed by atoms with Crippen LogP contribution < -0.4 is 10.6 Å². The van der Waals surface area contributed by atoms with Gasteiger partial charge in [-0.05, 0) is 42.7 Å². The highest BCUT2D eigenvalue weighted by atomic mass is 35.5. The van der Waals surface area contributed by atoms with Crippen molar-refractivity contribution in [1.82, 2.24) is 5.32 Å². The van der Waals surface area contributed by atoms with Crippen molar-refractivity contribution in [1.29, 1.82) is 0 Å². The van der Waals surface area contributed by atoms with Gasteiger partial charge in [-0.15, -0.1) is 11.3 Å². The highest BCUT2D eigenvalue weighted by Crippen LogP contribution is 2.40. The number of benzene rings is 1. The third-order valence-corrected chi connectivity index (χ3v) is 4.88. The number of amides is 1. The molecule has 104 valence electrons. The number of carbonyl (C=O) groups is 1. The van der Waals surface area contributed by atoms with Gasteiger partial charge in [-0.3, -0.25) is 4.79 Å². The molecule has 0 saturated heterocycles. The van der Waals surface area contributed by atoms with Gasteiger partial charge in [-0.2, -0.15) is 0 Å². The lowest BCUT2D eigenvalue weighted by atomic mass is 10.1. The zero-order valence-corrected chi connectivity index (χ0v) is 12.6. The minimum absolute atomic E-state index is 0.0701. The number of nitrogens with one attached hydrogen (secondary N) is 2. The smallest absolute Gasteiger partial charge is 0.251 e. The molecule has 20 heavy (non-hydrogen) atoms. The van der Waals surface area contributed by atoms with Crippen molar-refractivity contribution in [2.75, 3.05) is 12.4 Å². The number of fused-ring (bicyclic) bond motifs is 1. The van der Waals surface area contributed by atoms with Crippen molar-refractivity contribution < 1.29 is 4.79 Å². The number of rotatable bonds is 3. The lowest BCUT2D eigenvalue weighted by Gasteiger charge is -2.15. The molecule has 0 saturated carbocycles. The topological polar surface area (TPSA) is 41.1 Å². The normalized spacial score (nSPS) is 16.8. The largest absolute Gasteiger partial charge is 0.378 e. The van der Waals surface area contributed by atoms with Gasteiger partial charge >= 0.3 is 0 Å². The molecule has 1 heterocycles. The second kappa shape index (κ2) is 5.46. The van der Waals surface area contributed by atoms with Gasteiger partial charge in [0.2, 0.25) is 0 Å². The third kappa shape index (κ3) is 2.53. The number of thiophene rings is 1. The standard InChI is InChI=1S/C15H15ClN2OS/c1-17-15(19)9-3-2-4-10(7-9)18-12-5-6-13-11(12)8-14(16)20-13/h2-4,7-8,12,18H,5-6H2,1H3,(H,17,19). The molecule has 0 aliphatic heterocycles. The summed E-state index contributed by atoms with van der Waals surface area (Å²) in [5.41, 5.74) is 2.93. The van der Waals surface area contributed by atoms with Crippen molar-refractivity contribution in [3.63, 3.8) is 0 Å². The quantitative estimate of drug-likeness (QED) is 0.904. The number of aryl methyl sites for hydroxylation is 1. The fourth-order valence-corrected chi connectivity index (χ4v) is 3.93. The molecule has 3 nitrogen and oxygen atoms in total. The lowest BCUT2D eigenvalue weighted by molar-refractivity contribution is 0.0963. The Bertz CT molecular complexity index is 653. The van der Waals surface area contributed by atoms with Crippen LogP contribution in [-0.4, -0.2) is 13.0 Å². The van der Waals surface area contributed by atoms with Gasteiger partial charge in [-0.1, -0.05) is 17.7 Å². The van der Waals surface area contributed by atoms with Gasteiger partial charge in [-0.25, -0.2) is 0 Å². The molecule has 2 aromatic rings. The molecular weight excluding hydrogens is 292 g/mol. The lowest BCUT2D eigenvalue weighted by Crippen LogP contribution is -2.18. The van der Waals surface area contributed by atoms with Gasteiger partial charge < -0.3 is 10.6 Å². The summed E-state index contributed by atoms with van der Waals surface area (Å²) < 4.78 is 0.848. The molecule has 1 aromatic carbocycles. The van der Waals surface area contributed by atoms with Crippen LogP contribution in [0.25, 0.3) is 0 Å². The van der Waals surface area contributed by atoms with E-state index >= 15 is 0 Å². The van der Waals surface area contributed by atoms with Gasteiger partial charge in [0.25, 0.3) is 5.91 Å². The first-order chi connectivity index (χ1) is 9.67. The summed E-state index contributed by atoms with van der Waals surface area (Å²) in [4.78, 5) is 13.0. The van der Waals surface area contributed by atoms with E-state index in [-0.39, 0.29) is 11.9 Å². The molecule has 1 aromatic heterocycles. The number of hydrogen-bond acceptors (Lipinski definition) is 3. The Morgan fingerprint density at radius 2 is 2.25 bits per heavy atom. The van der Waals surface area contributed by atoms with Crippen LogP contribution in [0.15, 0.2) is 30.3 Å². The predicted octanol–water partition coefficient (Wildman–Crippen LogP) is 3.86. The Hall–Kier alpha value is -1.52. The minimum atomic E-state index is -0.0701. The van der Waals surface area contributed by atoms with E-state index in [1.54, 1.807) is 18.4 Å². The zero-order valence-electron chi connectivity index (χ0n) is 11.1. The van der Waals surface area contributed by atoms with Crippen LogP contribution in [-0.2, 0) is 6.42 Å². The summed E-state index contributed by atoms with van der Waals surface area (Å²) in [7, 11) is 1.64. The van der Waals surface area contributed by atoms with Crippen molar-refractivity contribution in [3.8, 4) is 0 Å². The summed E-state index contributed by atoms with van der Waals surface area (Å²) in [6.45, 7) is 0. The Labute approximate surface area is 127 Å². The molecule has 5 heteroatoms. The number of halogens is 1. The first-order valence-electron chi connectivity index (χ1n) is 6.54. The highest BCUT2D eigenvalue weighted by Gasteiger charge is 2.25. The van der Waals surface area contributed by atoms with E-state index in [1.807, 2.05) is 24.3 Å². The van der Waals surface area contributed by atoms with Crippen LogP contribution in [0, 0.1) is 0 Å². The fourth-order valence-electron chi connectivity index (χ4n) is 2.58. The second-order valence-electron chi connectivity index (χ2n) is 4.82. The average molecular weight is 307 g/mol. The predicted molar refractivity (Wildman–Crippen MR) is 83.8 cm³/mol. The Kier molecular flexibility index (Phi) is 3.68. The van der Waals surface area contributed by atoms with Crippen LogP contribution >= 0.6 is 22.9 Å². The van der Waals surface area contributed by atoms with Gasteiger partial charge in [0.1, 0.15) is 0 Å². The van der Waals surface area contributed by atoms with Gasteiger partial charge in [0.15, 0.2) is 0 Å². The molecule has 0 spiro atoms. The summed E-state index contributed by atoms with van der Waals surface area (Å²) in [5.74, 6) is -0.0701. The summed E-state index contributed by atoms with van der Waals surface area (Å²) in [6.07, 6.45) is 2.14. The zero-order chi connectivity index (χ0) is 14.1. The van der Waals surface area contributed by atoms with Gasteiger partial charge in [0.05, 0.1) is 10.4 Å². The highest BCUT2D eigenvalue weighted by molar-refractivity contribution is 7.16. The fraction of sp³-hybridized carbons (Fsp3) is 0.267. The molecule has 1 atom stereocenters. The molecular formula is C15H15ClN2OS. The molecule has 0 fully saturated rings. The Morgan fingerprint density at radius 3 is 3.05 bits per heavy atom. The van der Waals surface area contributed by atoms with Crippen molar-refractivity contribution in [2.24, 2.45) is 0 Å². The van der Waals surface area contributed by atoms with Crippen molar-refractivity contribution >= 4 is 34.5 Å². The van der Waals surface area contributed by atoms with Crippen molar-refractivity contribution in [3.05, 3.63) is 50.7 Å². The number of hydrogen-bond donors (Lipinski definition) is 2. The average Bonchev–Trinajstić information content (AvgIpc) is 2.99. The Balaban J connectivity index is 1.80. The van der Waals surface area contributed by atoms with E-state index in [9.17, 15) is 4.79 Å². The summed E-state index contributed by atoms with van der Waals surface area (Å²) in [5, 5.41) is 6.14. The van der Waals surface area contributed by atoms with E-state index in [1.165, 1.54) is 10.4 Å². The van der Waals surface area contributed by atoms with Crippen LogP contribution in [0.2, 0.25) is 4.34 Å². The van der Waals surface area contributed by atoms with E-state index < -0.39 is 0 Å². The van der Waals surface area contributed by atoms with E-state index in [0.717, 1.165) is 22.9 Å². The Morgan fingerprint density at radius 1 is 1.40 bits per heavy atom. The first-order valence-corrected chi connectivity index (χ1v) is 7.73. The number of carbonyl (C=O) groups excluding carboxylic acids is 1. The van der Waals surface area contributed by atoms with Gasteiger partial charge in [0, 0.05) is 23.2 Å². The van der Waals surface area contributed by atoms with Crippen LogP contribution in [0.1, 0.15) is 33.3 Å². The second-order valence-corrected chi connectivity index (χ2v) is 6.59. The van der Waals surface area contributed by atoms with Crippen LogP contribution in [0.4, 0.5) is 5.69 Å². The molecule has 1 unspecified atom stereocenters. The van der Waals surface area contributed by atoms with Crippen LogP contribution in [0.3, 0.4) is 0 Å². The monoisotopic (exact) mass is 306 g/mol.